The number of rotatable bonds is 1. The Bertz CT molecular complexity index is 346. The van der Waals surface area contributed by atoms with Gasteiger partial charge in [-0.1, -0.05) is 32.0 Å². The van der Waals surface area contributed by atoms with Gasteiger partial charge in [-0.15, -0.1) is 0 Å². The second-order valence-corrected chi connectivity index (χ2v) is 5.67. The lowest BCUT2D eigenvalue weighted by molar-refractivity contribution is 0.702. The zero-order valence-electron chi connectivity index (χ0n) is 9.49. The summed E-state index contributed by atoms with van der Waals surface area (Å²) in [4.78, 5) is 0. The van der Waals surface area contributed by atoms with E-state index in [1.54, 1.807) is 0 Å². The van der Waals surface area contributed by atoms with Gasteiger partial charge in [0.1, 0.15) is 0 Å². The molecule has 1 unspecified atom stereocenters. The zero-order chi connectivity index (χ0) is 10.8. The normalized spacial score (nSPS) is 21.2. The SMILES string of the molecule is CC(C)c1ccc2c(c1)C(N)CCSC2. The van der Waals surface area contributed by atoms with Crippen molar-refractivity contribution >= 4 is 11.8 Å². The lowest BCUT2D eigenvalue weighted by Crippen LogP contribution is -2.12. The fraction of sp³-hybridized carbons (Fsp3) is 0.538. The summed E-state index contributed by atoms with van der Waals surface area (Å²) in [5, 5.41) is 0. The lowest BCUT2D eigenvalue weighted by atomic mass is 9.93. The van der Waals surface area contributed by atoms with Crippen molar-refractivity contribution in [3.05, 3.63) is 34.9 Å². The van der Waals surface area contributed by atoms with Crippen LogP contribution in [-0.2, 0) is 5.75 Å². The van der Waals surface area contributed by atoms with Crippen LogP contribution in [-0.4, -0.2) is 5.75 Å². The summed E-state index contributed by atoms with van der Waals surface area (Å²) in [6.45, 7) is 4.47. The van der Waals surface area contributed by atoms with E-state index >= 15 is 0 Å². The topological polar surface area (TPSA) is 26.0 Å². The van der Waals surface area contributed by atoms with Crippen molar-refractivity contribution in [2.24, 2.45) is 5.73 Å². The highest BCUT2D eigenvalue weighted by Crippen LogP contribution is 2.31. The molecule has 15 heavy (non-hydrogen) atoms. The quantitative estimate of drug-likeness (QED) is 0.786. The van der Waals surface area contributed by atoms with Gasteiger partial charge in [0.2, 0.25) is 0 Å². The van der Waals surface area contributed by atoms with Crippen molar-refractivity contribution in [3.63, 3.8) is 0 Å². The summed E-state index contributed by atoms with van der Waals surface area (Å²) >= 11 is 2.00. The first-order chi connectivity index (χ1) is 7.18. The number of thioether (sulfide) groups is 1. The fourth-order valence-electron chi connectivity index (χ4n) is 2.00. The van der Waals surface area contributed by atoms with Crippen LogP contribution in [0.4, 0.5) is 0 Å². The summed E-state index contributed by atoms with van der Waals surface area (Å²) in [6, 6.07) is 7.08. The Kier molecular flexibility index (Phi) is 3.37. The molecule has 1 aliphatic heterocycles. The Morgan fingerprint density at radius 2 is 2.20 bits per heavy atom. The molecule has 1 aromatic carbocycles. The molecule has 2 N–H and O–H groups in total. The molecule has 1 nitrogen and oxygen atoms in total. The van der Waals surface area contributed by atoms with E-state index in [1.807, 2.05) is 11.8 Å². The molecule has 1 aliphatic rings. The van der Waals surface area contributed by atoms with E-state index in [-0.39, 0.29) is 6.04 Å². The molecule has 0 spiro atoms. The van der Waals surface area contributed by atoms with Gasteiger partial charge in [-0.3, -0.25) is 0 Å². The summed E-state index contributed by atoms with van der Waals surface area (Å²) in [5.41, 5.74) is 10.4. The Hall–Kier alpha value is -0.470. The summed E-state index contributed by atoms with van der Waals surface area (Å²) in [6.07, 6.45) is 1.11. The largest absolute Gasteiger partial charge is 0.324 e. The predicted molar refractivity (Wildman–Crippen MR) is 68.2 cm³/mol. The van der Waals surface area contributed by atoms with Crippen molar-refractivity contribution in [2.45, 2.75) is 38.0 Å². The predicted octanol–water partition coefficient (Wildman–Crippen LogP) is 3.45. The maximum atomic E-state index is 6.20. The van der Waals surface area contributed by atoms with Crippen molar-refractivity contribution in [1.29, 1.82) is 0 Å². The smallest absolute Gasteiger partial charge is 0.0305 e. The highest BCUT2D eigenvalue weighted by atomic mass is 32.2. The van der Waals surface area contributed by atoms with Gasteiger partial charge in [-0.2, -0.15) is 11.8 Å². The van der Waals surface area contributed by atoms with Crippen LogP contribution in [0.3, 0.4) is 0 Å². The molecular weight excluding hydrogens is 202 g/mol. The van der Waals surface area contributed by atoms with E-state index in [4.69, 9.17) is 5.73 Å². The van der Waals surface area contributed by atoms with Crippen molar-refractivity contribution in [1.82, 2.24) is 0 Å². The molecule has 1 heterocycles. The molecule has 0 fully saturated rings. The molecular formula is C13H19NS. The van der Waals surface area contributed by atoms with Crippen LogP contribution in [0, 0.1) is 0 Å². The average molecular weight is 221 g/mol. The van der Waals surface area contributed by atoms with Crippen LogP contribution in [0.5, 0.6) is 0 Å². The third-order valence-electron chi connectivity index (χ3n) is 3.07. The first kappa shape index (κ1) is 11.0. The van der Waals surface area contributed by atoms with Crippen LogP contribution in [0.25, 0.3) is 0 Å². The number of benzene rings is 1. The van der Waals surface area contributed by atoms with Crippen LogP contribution in [0.15, 0.2) is 18.2 Å². The Morgan fingerprint density at radius 3 is 2.93 bits per heavy atom. The number of nitrogens with two attached hydrogens (primary N) is 1. The minimum absolute atomic E-state index is 0.244. The van der Waals surface area contributed by atoms with Crippen molar-refractivity contribution < 1.29 is 0 Å². The Labute approximate surface area is 96.4 Å². The summed E-state index contributed by atoms with van der Waals surface area (Å²) in [5.74, 6) is 2.91. The summed E-state index contributed by atoms with van der Waals surface area (Å²) < 4.78 is 0. The fourth-order valence-corrected chi connectivity index (χ4v) is 3.04. The first-order valence-electron chi connectivity index (χ1n) is 5.64. The van der Waals surface area contributed by atoms with E-state index in [0.717, 1.165) is 12.2 Å². The highest BCUT2D eigenvalue weighted by Gasteiger charge is 2.16. The molecule has 2 rings (SSSR count). The van der Waals surface area contributed by atoms with Crippen molar-refractivity contribution in [3.8, 4) is 0 Å². The second-order valence-electron chi connectivity index (χ2n) is 4.56. The first-order valence-corrected chi connectivity index (χ1v) is 6.80. The van der Waals surface area contributed by atoms with Gasteiger partial charge in [-0.05, 0) is 34.8 Å². The van der Waals surface area contributed by atoms with Crippen LogP contribution < -0.4 is 5.73 Å². The van der Waals surface area contributed by atoms with Crippen LogP contribution >= 0.6 is 11.8 Å². The van der Waals surface area contributed by atoms with E-state index in [9.17, 15) is 0 Å². The van der Waals surface area contributed by atoms with Gasteiger partial charge in [-0.25, -0.2) is 0 Å². The zero-order valence-corrected chi connectivity index (χ0v) is 10.3. The maximum Gasteiger partial charge on any atom is 0.0305 e. The van der Waals surface area contributed by atoms with Gasteiger partial charge in [0, 0.05) is 11.8 Å². The third kappa shape index (κ3) is 2.37. The maximum absolute atomic E-state index is 6.20. The molecule has 0 bridgehead atoms. The molecule has 1 aromatic rings. The molecule has 0 saturated heterocycles. The molecule has 0 aliphatic carbocycles. The molecule has 2 heteroatoms. The highest BCUT2D eigenvalue weighted by molar-refractivity contribution is 7.98. The van der Waals surface area contributed by atoms with E-state index in [0.29, 0.717) is 5.92 Å². The van der Waals surface area contributed by atoms with Gasteiger partial charge >= 0.3 is 0 Å². The van der Waals surface area contributed by atoms with Crippen LogP contribution in [0.2, 0.25) is 0 Å². The monoisotopic (exact) mass is 221 g/mol. The van der Waals surface area contributed by atoms with Gasteiger partial charge in [0.05, 0.1) is 0 Å². The van der Waals surface area contributed by atoms with Gasteiger partial charge < -0.3 is 5.73 Å². The minimum Gasteiger partial charge on any atom is -0.324 e. The molecule has 82 valence electrons. The number of fused-ring (bicyclic) bond motifs is 1. The molecule has 0 radical (unpaired) electrons. The van der Waals surface area contributed by atoms with E-state index in [1.165, 1.54) is 22.4 Å². The van der Waals surface area contributed by atoms with E-state index < -0.39 is 0 Å². The van der Waals surface area contributed by atoms with Crippen LogP contribution in [0.1, 0.15) is 48.9 Å². The molecule has 1 atom stereocenters. The van der Waals surface area contributed by atoms with Gasteiger partial charge in [0.25, 0.3) is 0 Å². The second kappa shape index (κ2) is 4.58. The molecule has 0 aromatic heterocycles. The Morgan fingerprint density at radius 1 is 1.40 bits per heavy atom. The lowest BCUT2D eigenvalue weighted by Gasteiger charge is -2.15. The minimum atomic E-state index is 0.244. The molecule has 0 amide bonds. The number of hydrogen-bond acceptors (Lipinski definition) is 2. The van der Waals surface area contributed by atoms with E-state index in [2.05, 4.69) is 32.0 Å². The third-order valence-corrected chi connectivity index (χ3v) is 4.11. The number of hydrogen-bond donors (Lipinski definition) is 1. The van der Waals surface area contributed by atoms with Gasteiger partial charge in [0.15, 0.2) is 0 Å². The van der Waals surface area contributed by atoms with Crippen molar-refractivity contribution in [2.75, 3.05) is 5.75 Å². The summed E-state index contributed by atoms with van der Waals surface area (Å²) in [7, 11) is 0. The standard InChI is InChI=1S/C13H19NS/c1-9(2)10-3-4-11-8-15-6-5-13(14)12(11)7-10/h3-4,7,9,13H,5-6,8,14H2,1-2H3. The Balaban J connectivity index is 2.39. The molecule has 0 saturated carbocycles. The average Bonchev–Trinajstić information content (AvgIpc) is 2.40.